The molecule has 0 saturated carbocycles. The van der Waals surface area contributed by atoms with Gasteiger partial charge in [0.25, 0.3) is 5.56 Å². The fraction of sp³-hybridized carbons (Fsp3) is 0.346. The third kappa shape index (κ3) is 5.00. The Hall–Kier alpha value is -3.85. The van der Waals surface area contributed by atoms with Gasteiger partial charge in [0.1, 0.15) is 12.4 Å². The van der Waals surface area contributed by atoms with E-state index in [-0.39, 0.29) is 11.6 Å². The molecule has 4 aromatic rings. The van der Waals surface area contributed by atoms with Crippen LogP contribution in [0.4, 0.5) is 11.9 Å². The number of nitrogens with one attached hydrogen (secondary N) is 1. The second-order valence-corrected chi connectivity index (χ2v) is 8.89. The number of nitrogens with two attached hydrogens (primary N) is 1. The van der Waals surface area contributed by atoms with E-state index in [0.29, 0.717) is 43.4 Å². The fourth-order valence-corrected chi connectivity index (χ4v) is 4.50. The maximum absolute atomic E-state index is 13.5. The maximum atomic E-state index is 13.5. The zero-order chi connectivity index (χ0) is 24.2. The minimum atomic E-state index is -0.141. The van der Waals surface area contributed by atoms with Crippen LogP contribution in [-0.4, -0.2) is 51.4 Å². The largest absolute Gasteiger partial charge is 0.492 e. The SMILES string of the molecule is Cn1c(NCCOc2ccccc2)nc2nc(N3CCCC(N)C3)n(Cc3ccccc3)c2c1=O. The Labute approximate surface area is 204 Å². The van der Waals surface area contributed by atoms with Crippen molar-refractivity contribution >= 4 is 23.1 Å². The number of fused-ring (bicyclic) bond motifs is 1. The molecular formula is C26H31N7O2. The number of piperidine rings is 1. The van der Waals surface area contributed by atoms with E-state index < -0.39 is 0 Å². The summed E-state index contributed by atoms with van der Waals surface area (Å²) in [4.78, 5) is 25.3. The first kappa shape index (κ1) is 22.9. The molecule has 35 heavy (non-hydrogen) atoms. The van der Waals surface area contributed by atoms with Crippen molar-refractivity contribution in [2.45, 2.75) is 25.4 Å². The highest BCUT2D eigenvalue weighted by Gasteiger charge is 2.25. The molecule has 1 aliphatic heterocycles. The Kier molecular flexibility index (Phi) is 6.67. The molecule has 1 aliphatic rings. The summed E-state index contributed by atoms with van der Waals surface area (Å²) in [6.07, 6.45) is 1.99. The Morgan fingerprint density at radius 2 is 1.83 bits per heavy atom. The smallest absolute Gasteiger partial charge is 0.281 e. The van der Waals surface area contributed by atoms with Gasteiger partial charge in [0, 0.05) is 26.2 Å². The van der Waals surface area contributed by atoms with E-state index in [1.54, 1.807) is 11.6 Å². The number of hydrogen-bond donors (Lipinski definition) is 2. The van der Waals surface area contributed by atoms with E-state index in [1.165, 1.54) is 0 Å². The average Bonchev–Trinajstić information content (AvgIpc) is 3.24. The van der Waals surface area contributed by atoms with Gasteiger partial charge in [-0.15, -0.1) is 0 Å². The van der Waals surface area contributed by atoms with Crippen LogP contribution in [0.25, 0.3) is 11.2 Å². The molecule has 3 heterocycles. The molecule has 1 unspecified atom stereocenters. The van der Waals surface area contributed by atoms with Crippen LogP contribution in [0.2, 0.25) is 0 Å². The predicted octanol–water partition coefficient (Wildman–Crippen LogP) is 2.60. The van der Waals surface area contributed by atoms with Gasteiger partial charge in [0.05, 0.1) is 13.1 Å². The molecule has 1 saturated heterocycles. The van der Waals surface area contributed by atoms with Crippen LogP contribution in [0.1, 0.15) is 18.4 Å². The Morgan fingerprint density at radius 3 is 2.57 bits per heavy atom. The van der Waals surface area contributed by atoms with Crippen molar-refractivity contribution < 1.29 is 4.74 Å². The summed E-state index contributed by atoms with van der Waals surface area (Å²) in [6.45, 7) is 3.04. The number of hydrogen-bond acceptors (Lipinski definition) is 7. The lowest BCUT2D eigenvalue weighted by atomic mass is 10.1. The second kappa shape index (κ2) is 10.2. The van der Waals surface area contributed by atoms with Gasteiger partial charge in [-0.25, -0.2) is 0 Å². The van der Waals surface area contributed by atoms with E-state index in [9.17, 15) is 4.79 Å². The van der Waals surface area contributed by atoms with Crippen LogP contribution in [0.5, 0.6) is 5.75 Å². The van der Waals surface area contributed by atoms with Crippen LogP contribution < -0.4 is 26.2 Å². The highest BCUT2D eigenvalue weighted by molar-refractivity contribution is 5.75. The van der Waals surface area contributed by atoms with Crippen molar-refractivity contribution in [1.29, 1.82) is 0 Å². The molecule has 182 valence electrons. The number of ether oxygens (including phenoxy) is 1. The molecule has 1 fully saturated rings. The molecule has 2 aromatic heterocycles. The van der Waals surface area contributed by atoms with Crippen LogP contribution in [0.3, 0.4) is 0 Å². The summed E-state index contributed by atoms with van der Waals surface area (Å²) in [5.41, 5.74) is 8.15. The Morgan fingerprint density at radius 1 is 1.09 bits per heavy atom. The molecule has 9 heteroatoms. The first-order chi connectivity index (χ1) is 17.1. The summed E-state index contributed by atoms with van der Waals surface area (Å²) < 4.78 is 9.28. The topological polar surface area (TPSA) is 103 Å². The van der Waals surface area contributed by atoms with Crippen LogP contribution in [0, 0.1) is 0 Å². The van der Waals surface area contributed by atoms with Crippen molar-refractivity contribution in [3.8, 4) is 5.75 Å². The highest BCUT2D eigenvalue weighted by Crippen LogP contribution is 2.24. The van der Waals surface area contributed by atoms with E-state index in [4.69, 9.17) is 20.4 Å². The van der Waals surface area contributed by atoms with E-state index >= 15 is 0 Å². The van der Waals surface area contributed by atoms with Gasteiger partial charge in [0.15, 0.2) is 11.2 Å². The molecule has 0 radical (unpaired) electrons. The first-order valence-electron chi connectivity index (χ1n) is 12.0. The lowest BCUT2D eigenvalue weighted by Crippen LogP contribution is -2.44. The molecule has 0 aliphatic carbocycles. The van der Waals surface area contributed by atoms with Gasteiger partial charge in [-0.1, -0.05) is 48.5 Å². The second-order valence-electron chi connectivity index (χ2n) is 8.89. The van der Waals surface area contributed by atoms with Gasteiger partial charge >= 0.3 is 0 Å². The predicted molar refractivity (Wildman–Crippen MR) is 138 cm³/mol. The van der Waals surface area contributed by atoms with Crippen molar-refractivity contribution in [2.75, 3.05) is 36.5 Å². The molecule has 5 rings (SSSR count). The highest BCUT2D eigenvalue weighted by atomic mass is 16.5. The quantitative estimate of drug-likeness (QED) is 0.379. The van der Waals surface area contributed by atoms with Gasteiger partial charge in [-0.05, 0) is 30.5 Å². The number of imidazole rings is 1. The number of benzene rings is 2. The van der Waals surface area contributed by atoms with Crippen LogP contribution in [-0.2, 0) is 13.6 Å². The third-order valence-electron chi connectivity index (χ3n) is 6.29. The van der Waals surface area contributed by atoms with Crippen LogP contribution >= 0.6 is 0 Å². The summed E-state index contributed by atoms with van der Waals surface area (Å²) in [5.74, 6) is 2.01. The molecular weight excluding hydrogens is 442 g/mol. The van der Waals surface area contributed by atoms with Gasteiger partial charge in [-0.3, -0.25) is 13.9 Å². The first-order valence-corrected chi connectivity index (χ1v) is 12.0. The molecule has 9 nitrogen and oxygen atoms in total. The molecule has 0 amide bonds. The van der Waals surface area contributed by atoms with Crippen molar-refractivity contribution in [3.05, 3.63) is 76.6 Å². The lowest BCUT2D eigenvalue weighted by molar-refractivity contribution is 0.332. The number of anilines is 2. The lowest BCUT2D eigenvalue weighted by Gasteiger charge is -2.31. The van der Waals surface area contributed by atoms with Gasteiger partial charge < -0.3 is 20.7 Å². The zero-order valence-electron chi connectivity index (χ0n) is 19.9. The zero-order valence-corrected chi connectivity index (χ0v) is 19.9. The minimum absolute atomic E-state index is 0.0892. The van der Waals surface area contributed by atoms with Crippen LogP contribution in [0.15, 0.2) is 65.5 Å². The fourth-order valence-electron chi connectivity index (χ4n) is 4.50. The summed E-state index contributed by atoms with van der Waals surface area (Å²) in [6, 6.07) is 19.8. The molecule has 0 spiro atoms. The Balaban J connectivity index is 1.46. The third-order valence-corrected chi connectivity index (χ3v) is 6.29. The summed E-state index contributed by atoms with van der Waals surface area (Å²) in [7, 11) is 1.73. The summed E-state index contributed by atoms with van der Waals surface area (Å²) >= 11 is 0. The van der Waals surface area contributed by atoms with E-state index in [0.717, 1.165) is 36.6 Å². The number of nitrogens with zero attached hydrogens (tertiary/aromatic N) is 5. The molecule has 1 atom stereocenters. The van der Waals surface area contributed by atoms with Gasteiger partial charge in [0.2, 0.25) is 11.9 Å². The van der Waals surface area contributed by atoms with Crippen molar-refractivity contribution in [2.24, 2.45) is 12.8 Å². The Bertz CT molecular complexity index is 1330. The maximum Gasteiger partial charge on any atom is 0.281 e. The van der Waals surface area contributed by atoms with Crippen molar-refractivity contribution in [1.82, 2.24) is 19.1 Å². The average molecular weight is 474 g/mol. The summed E-state index contributed by atoms with van der Waals surface area (Å²) in [5, 5.41) is 3.23. The monoisotopic (exact) mass is 473 g/mol. The number of para-hydroxylation sites is 1. The number of rotatable bonds is 8. The van der Waals surface area contributed by atoms with E-state index in [2.05, 4.69) is 22.3 Å². The van der Waals surface area contributed by atoms with Gasteiger partial charge in [-0.2, -0.15) is 9.97 Å². The molecule has 2 aromatic carbocycles. The standard InChI is InChI=1S/C26H31N7O2/c1-31-24(34)22-23(29-25(31)28-14-16-35-21-12-6-3-7-13-21)30-26(32-15-8-11-20(27)18-32)33(22)17-19-9-4-2-5-10-19/h2-7,9-10,12-13,20H,8,11,14-18,27H2,1H3,(H,28,29). The minimum Gasteiger partial charge on any atom is -0.492 e. The van der Waals surface area contributed by atoms with Crippen molar-refractivity contribution in [3.63, 3.8) is 0 Å². The normalized spacial score (nSPS) is 15.9. The molecule has 3 N–H and O–H groups in total. The van der Waals surface area contributed by atoms with E-state index in [1.807, 2.05) is 53.1 Å². The molecule has 0 bridgehead atoms. The number of aromatic nitrogens is 4.